The van der Waals surface area contributed by atoms with Crippen LogP contribution in [0.5, 0.6) is 0 Å². The van der Waals surface area contributed by atoms with E-state index in [1.54, 1.807) is 0 Å². The zero-order valence-corrected chi connectivity index (χ0v) is 31.6. The lowest BCUT2D eigenvalue weighted by Gasteiger charge is -2.34. The van der Waals surface area contributed by atoms with Gasteiger partial charge in [0.15, 0.2) is 0 Å². The first-order valence-electron chi connectivity index (χ1n) is 16.2. The van der Waals surface area contributed by atoms with Gasteiger partial charge in [-0.25, -0.2) is 9.78 Å². The molecule has 1 saturated carbocycles. The normalized spacial score (nSPS) is 23.1. The monoisotopic (exact) mass is 695 g/mol. The fraction of sp³-hybridized carbons (Fsp3) is 0.500. The minimum absolute atomic E-state index is 0. The standard InChI is InChI=1S/C36H44BN3O4.3H2S/c1-34(2,3)42-33(41)40-30-11-9-8-10-25(30)20-31(40)32-38-21-29(39-32)24-14-16-27-22(18-24)12-13-23-19-26(15-17-28(23)27)37-43-35(4,5)36(6,7)44-37;;;/h12-19,21,25,30-31H,8-11,20H2,1-7H3,(H,38,39);3*1H2/t25-,30-,31-;;;/m0.../s1. The first kappa shape index (κ1) is 37.5. The van der Waals surface area contributed by atoms with E-state index in [1.165, 1.54) is 17.2 Å². The van der Waals surface area contributed by atoms with Crippen molar-refractivity contribution in [3.63, 3.8) is 0 Å². The number of nitrogens with one attached hydrogen (secondary N) is 1. The highest BCUT2D eigenvalue weighted by atomic mass is 32.1. The van der Waals surface area contributed by atoms with Crippen LogP contribution in [0.1, 0.15) is 92.4 Å². The first-order valence-corrected chi connectivity index (χ1v) is 16.2. The maximum Gasteiger partial charge on any atom is 0.494 e. The quantitative estimate of drug-likeness (QED) is 0.173. The van der Waals surface area contributed by atoms with Crippen LogP contribution in [0.2, 0.25) is 0 Å². The smallest absolute Gasteiger partial charge is 0.444 e. The SMILES string of the molecule is CC(C)(C)OC(=O)N1[C@H](c2ncc(-c3ccc4c(ccc5cc(B6OC(C)(C)C(C)(C)O6)ccc54)c3)[nH]2)C[C@@H]2CCCC[C@@H]21.S.S.S. The number of imidazole rings is 1. The largest absolute Gasteiger partial charge is 0.494 e. The van der Waals surface area contributed by atoms with E-state index < -0.39 is 5.60 Å². The van der Waals surface area contributed by atoms with Crippen molar-refractivity contribution in [3.8, 4) is 11.3 Å². The minimum Gasteiger partial charge on any atom is -0.444 e. The van der Waals surface area contributed by atoms with Gasteiger partial charge in [-0.3, -0.25) is 4.90 Å². The van der Waals surface area contributed by atoms with Gasteiger partial charge in [0, 0.05) is 11.6 Å². The summed E-state index contributed by atoms with van der Waals surface area (Å²) in [4.78, 5) is 23.8. The molecule has 0 spiro atoms. The number of carbonyl (C=O) groups excluding carboxylic acids is 1. The van der Waals surface area contributed by atoms with Gasteiger partial charge in [0.1, 0.15) is 11.4 Å². The molecule has 3 heterocycles. The number of aromatic amines is 1. The molecule has 47 heavy (non-hydrogen) atoms. The van der Waals surface area contributed by atoms with Crippen LogP contribution in [-0.4, -0.2) is 50.9 Å². The molecule has 2 aliphatic heterocycles. The van der Waals surface area contributed by atoms with E-state index in [0.29, 0.717) is 5.92 Å². The molecule has 3 atom stereocenters. The number of carbonyl (C=O) groups is 1. The van der Waals surface area contributed by atoms with E-state index in [4.69, 9.17) is 19.0 Å². The first-order chi connectivity index (χ1) is 20.8. The second-order valence-corrected chi connectivity index (χ2v) is 15.0. The molecule has 254 valence electrons. The summed E-state index contributed by atoms with van der Waals surface area (Å²) in [6, 6.07) is 17.5. The van der Waals surface area contributed by atoms with Crippen molar-refractivity contribution < 1.29 is 18.8 Å². The third-order valence-electron chi connectivity index (χ3n) is 10.3. The third kappa shape index (κ3) is 6.93. The average Bonchev–Trinajstić information content (AvgIpc) is 3.65. The summed E-state index contributed by atoms with van der Waals surface area (Å²) in [6.07, 6.45) is 7.18. The molecule has 1 amide bonds. The Labute approximate surface area is 300 Å². The van der Waals surface area contributed by atoms with Crippen molar-refractivity contribution in [2.75, 3.05) is 0 Å². The molecular weight excluding hydrogens is 645 g/mol. The number of aromatic nitrogens is 2. The molecule has 3 fully saturated rings. The summed E-state index contributed by atoms with van der Waals surface area (Å²) < 4.78 is 18.5. The van der Waals surface area contributed by atoms with Crippen LogP contribution in [-0.2, 0) is 14.0 Å². The van der Waals surface area contributed by atoms with Crippen LogP contribution < -0.4 is 5.46 Å². The highest BCUT2D eigenvalue weighted by Crippen LogP contribution is 2.46. The predicted octanol–water partition coefficient (Wildman–Crippen LogP) is 8.26. The summed E-state index contributed by atoms with van der Waals surface area (Å²) in [5.74, 6) is 1.34. The van der Waals surface area contributed by atoms with Crippen molar-refractivity contribution in [2.24, 2.45) is 5.92 Å². The number of likely N-dealkylation sites (tertiary alicyclic amines) is 1. The maximum atomic E-state index is 13.4. The molecule has 3 aliphatic rings. The Balaban J connectivity index is 0.00000167. The number of rotatable bonds is 3. The number of benzene rings is 3. The molecule has 0 bridgehead atoms. The lowest BCUT2D eigenvalue weighted by Crippen LogP contribution is -2.43. The Morgan fingerprint density at radius 1 is 0.915 bits per heavy atom. The number of hydrogen-bond donors (Lipinski definition) is 1. The summed E-state index contributed by atoms with van der Waals surface area (Å²) in [6.45, 7) is 14.1. The summed E-state index contributed by atoms with van der Waals surface area (Å²) in [5, 5.41) is 4.71. The molecule has 1 aromatic heterocycles. The van der Waals surface area contributed by atoms with Crippen LogP contribution in [0, 0.1) is 5.92 Å². The summed E-state index contributed by atoms with van der Waals surface area (Å²) in [7, 11) is -0.382. The van der Waals surface area contributed by atoms with Crippen molar-refractivity contribution in [1.82, 2.24) is 14.9 Å². The van der Waals surface area contributed by atoms with Crippen LogP contribution in [0.4, 0.5) is 4.79 Å². The summed E-state index contributed by atoms with van der Waals surface area (Å²) >= 11 is 0. The Morgan fingerprint density at radius 3 is 2.19 bits per heavy atom. The highest BCUT2D eigenvalue weighted by molar-refractivity contribution is 7.59. The van der Waals surface area contributed by atoms with Crippen molar-refractivity contribution in [3.05, 3.63) is 60.6 Å². The van der Waals surface area contributed by atoms with Gasteiger partial charge >= 0.3 is 13.2 Å². The van der Waals surface area contributed by atoms with Gasteiger partial charge in [-0.05, 0) is 107 Å². The molecule has 11 heteroatoms. The molecule has 1 N–H and O–H groups in total. The molecule has 3 aromatic carbocycles. The topological polar surface area (TPSA) is 76.7 Å². The Morgan fingerprint density at radius 2 is 1.53 bits per heavy atom. The van der Waals surface area contributed by atoms with Crippen LogP contribution in [0.15, 0.2) is 54.7 Å². The van der Waals surface area contributed by atoms with E-state index in [1.807, 2.05) is 31.9 Å². The second kappa shape index (κ2) is 13.5. The molecular formula is C36H50BN3O4S3. The Bertz CT molecular complexity index is 1740. The van der Waals surface area contributed by atoms with Gasteiger partial charge in [0.05, 0.1) is 29.1 Å². The molecule has 0 unspecified atom stereocenters. The van der Waals surface area contributed by atoms with Crippen LogP contribution in [0.3, 0.4) is 0 Å². The number of fused-ring (bicyclic) bond motifs is 4. The maximum absolute atomic E-state index is 13.4. The van der Waals surface area contributed by atoms with Crippen molar-refractivity contribution in [2.45, 2.75) is 109 Å². The Kier molecular flexibility index (Phi) is 10.8. The third-order valence-corrected chi connectivity index (χ3v) is 10.3. The van der Waals surface area contributed by atoms with Gasteiger partial charge in [-0.15, -0.1) is 0 Å². The van der Waals surface area contributed by atoms with E-state index in [-0.39, 0.29) is 77.0 Å². The van der Waals surface area contributed by atoms with Gasteiger partial charge in [0.25, 0.3) is 0 Å². The van der Waals surface area contributed by atoms with Gasteiger partial charge in [0.2, 0.25) is 0 Å². The van der Waals surface area contributed by atoms with Gasteiger partial charge in [-0.2, -0.15) is 40.5 Å². The zero-order chi connectivity index (χ0) is 31.0. The zero-order valence-electron chi connectivity index (χ0n) is 28.6. The molecule has 0 radical (unpaired) electrons. The molecule has 2 saturated heterocycles. The van der Waals surface area contributed by atoms with Crippen LogP contribution in [0.25, 0.3) is 32.8 Å². The van der Waals surface area contributed by atoms with E-state index >= 15 is 0 Å². The molecule has 4 aromatic rings. The highest BCUT2D eigenvalue weighted by Gasteiger charge is 2.52. The van der Waals surface area contributed by atoms with Gasteiger partial charge < -0.3 is 19.0 Å². The molecule has 7 nitrogen and oxygen atoms in total. The number of nitrogens with zero attached hydrogens (tertiary/aromatic N) is 2. The number of amides is 1. The predicted molar refractivity (Wildman–Crippen MR) is 207 cm³/mol. The fourth-order valence-electron chi connectivity index (χ4n) is 7.32. The fourth-order valence-corrected chi connectivity index (χ4v) is 7.32. The minimum atomic E-state index is -0.536. The van der Waals surface area contributed by atoms with E-state index in [9.17, 15) is 4.79 Å². The summed E-state index contributed by atoms with van der Waals surface area (Å²) in [5.41, 5.74) is 1.78. The Hall–Kier alpha value is -2.31. The molecule has 1 aliphatic carbocycles. The average molecular weight is 696 g/mol. The van der Waals surface area contributed by atoms with E-state index in [0.717, 1.165) is 59.0 Å². The van der Waals surface area contributed by atoms with Crippen molar-refractivity contribution in [1.29, 1.82) is 0 Å². The lowest BCUT2D eigenvalue weighted by atomic mass is 9.78. The number of H-pyrrole nitrogens is 1. The second-order valence-electron chi connectivity index (χ2n) is 15.0. The number of ether oxygens (including phenoxy) is 1. The lowest BCUT2D eigenvalue weighted by molar-refractivity contribution is 0.00578. The molecule has 7 rings (SSSR count). The van der Waals surface area contributed by atoms with Gasteiger partial charge in [-0.1, -0.05) is 55.3 Å². The van der Waals surface area contributed by atoms with E-state index in [2.05, 4.69) is 81.2 Å². The van der Waals surface area contributed by atoms with Crippen molar-refractivity contribution >= 4 is 80.7 Å². The van der Waals surface area contributed by atoms with Crippen LogP contribution >= 0.6 is 40.5 Å². The number of hydrogen-bond acceptors (Lipinski definition) is 5.